The van der Waals surface area contributed by atoms with Crippen LogP contribution in [0.2, 0.25) is 0 Å². The zero-order valence-electron chi connectivity index (χ0n) is 16.0. The summed E-state index contributed by atoms with van der Waals surface area (Å²) >= 11 is 0. The molecule has 1 aromatic rings. The van der Waals surface area contributed by atoms with E-state index in [1.165, 1.54) is 11.1 Å². The Bertz CT molecular complexity index is 649. The molecule has 0 aromatic heterocycles. The van der Waals surface area contributed by atoms with Crippen molar-refractivity contribution in [2.75, 3.05) is 26.2 Å². The van der Waals surface area contributed by atoms with Gasteiger partial charge in [0.2, 0.25) is 5.91 Å². The highest BCUT2D eigenvalue weighted by atomic mass is 16.2. The van der Waals surface area contributed by atoms with Crippen LogP contribution < -0.4 is 10.6 Å². The van der Waals surface area contributed by atoms with Gasteiger partial charge in [0, 0.05) is 31.1 Å². The van der Waals surface area contributed by atoms with E-state index in [4.69, 9.17) is 0 Å². The van der Waals surface area contributed by atoms with Crippen molar-refractivity contribution in [3.8, 4) is 0 Å². The predicted molar refractivity (Wildman–Crippen MR) is 103 cm³/mol. The highest BCUT2D eigenvalue weighted by Gasteiger charge is 2.24. The second-order valence-corrected chi connectivity index (χ2v) is 7.96. The van der Waals surface area contributed by atoms with Crippen molar-refractivity contribution in [1.82, 2.24) is 15.5 Å². The van der Waals surface area contributed by atoms with Crippen LogP contribution in [0.4, 0.5) is 0 Å². The summed E-state index contributed by atoms with van der Waals surface area (Å²) < 4.78 is 0. The molecular weight excluding hydrogens is 326 g/mol. The van der Waals surface area contributed by atoms with Crippen molar-refractivity contribution in [1.29, 1.82) is 0 Å². The number of fused-ring (bicyclic) bond motifs is 1. The van der Waals surface area contributed by atoms with Gasteiger partial charge in [0.1, 0.15) is 0 Å². The summed E-state index contributed by atoms with van der Waals surface area (Å²) in [5.74, 6) is 0.643. The fourth-order valence-electron chi connectivity index (χ4n) is 3.84. The molecule has 1 fully saturated rings. The molecule has 2 amide bonds. The monoisotopic (exact) mass is 357 g/mol. The number of nitrogens with one attached hydrogen (secondary N) is 2. The summed E-state index contributed by atoms with van der Waals surface area (Å²) in [6.45, 7) is 7.61. The van der Waals surface area contributed by atoms with Gasteiger partial charge in [0.15, 0.2) is 0 Å². The van der Waals surface area contributed by atoms with Gasteiger partial charge >= 0.3 is 0 Å². The number of benzene rings is 1. The Labute approximate surface area is 156 Å². The lowest BCUT2D eigenvalue weighted by Crippen LogP contribution is -2.46. The van der Waals surface area contributed by atoms with E-state index in [0.717, 1.165) is 57.4 Å². The minimum absolute atomic E-state index is 0.0111. The molecule has 26 heavy (non-hydrogen) atoms. The number of carbonyl (C=O) groups is 2. The van der Waals surface area contributed by atoms with Gasteiger partial charge in [-0.25, -0.2) is 0 Å². The fourth-order valence-corrected chi connectivity index (χ4v) is 3.84. The van der Waals surface area contributed by atoms with Gasteiger partial charge < -0.3 is 15.5 Å². The standard InChI is InChI=1S/C21H31N3O2/c1-15(2)13-20(25)24-11-7-19(8-12-24)23-21(26)18-4-3-16-5-9-22-10-6-17(16)14-18/h3-4,14-15,19,22H,5-13H2,1-2H3,(H,23,26). The molecule has 0 saturated carbocycles. The van der Waals surface area contributed by atoms with E-state index in [0.29, 0.717) is 12.3 Å². The SMILES string of the molecule is CC(C)CC(=O)N1CCC(NC(=O)c2ccc3c(c2)CCNCC3)CC1. The Morgan fingerprint density at radius 3 is 2.54 bits per heavy atom. The van der Waals surface area contributed by atoms with Gasteiger partial charge in [-0.05, 0) is 68.0 Å². The van der Waals surface area contributed by atoms with Gasteiger partial charge in [0.05, 0.1) is 0 Å². The number of piperidine rings is 1. The molecule has 2 aliphatic rings. The Balaban J connectivity index is 1.53. The molecule has 0 aliphatic carbocycles. The number of rotatable bonds is 4. The first-order valence-corrected chi connectivity index (χ1v) is 9.94. The lowest BCUT2D eigenvalue weighted by atomic mass is 9.99. The first-order valence-electron chi connectivity index (χ1n) is 9.94. The fraction of sp³-hybridized carbons (Fsp3) is 0.619. The Morgan fingerprint density at radius 2 is 1.85 bits per heavy atom. The van der Waals surface area contributed by atoms with Crippen LogP contribution in [-0.2, 0) is 17.6 Å². The molecule has 3 rings (SSSR count). The molecule has 1 aromatic carbocycles. The number of carbonyl (C=O) groups excluding carboxylic acids is 2. The highest BCUT2D eigenvalue weighted by Crippen LogP contribution is 2.17. The zero-order valence-corrected chi connectivity index (χ0v) is 16.0. The maximum atomic E-state index is 12.6. The van der Waals surface area contributed by atoms with Gasteiger partial charge in [0.25, 0.3) is 5.91 Å². The molecule has 0 bridgehead atoms. The van der Waals surface area contributed by atoms with Crippen LogP contribution in [0.1, 0.15) is 54.6 Å². The van der Waals surface area contributed by atoms with E-state index >= 15 is 0 Å². The minimum atomic E-state index is 0.0111. The third-order valence-electron chi connectivity index (χ3n) is 5.38. The lowest BCUT2D eigenvalue weighted by Gasteiger charge is -2.33. The zero-order chi connectivity index (χ0) is 18.5. The van der Waals surface area contributed by atoms with Crippen molar-refractivity contribution in [2.45, 2.75) is 52.0 Å². The maximum absolute atomic E-state index is 12.6. The van der Waals surface area contributed by atoms with Crippen molar-refractivity contribution in [3.05, 3.63) is 34.9 Å². The normalized spacial score (nSPS) is 18.3. The second kappa shape index (κ2) is 8.67. The van der Waals surface area contributed by atoms with Crippen LogP contribution in [0, 0.1) is 5.92 Å². The van der Waals surface area contributed by atoms with E-state index in [2.05, 4.69) is 36.6 Å². The molecule has 2 aliphatic heterocycles. The van der Waals surface area contributed by atoms with Gasteiger partial charge in [-0.2, -0.15) is 0 Å². The van der Waals surface area contributed by atoms with Gasteiger partial charge in [-0.15, -0.1) is 0 Å². The molecule has 0 spiro atoms. The molecular formula is C21H31N3O2. The van der Waals surface area contributed by atoms with Crippen molar-refractivity contribution >= 4 is 11.8 Å². The number of hydrogen-bond donors (Lipinski definition) is 2. The molecule has 5 nitrogen and oxygen atoms in total. The van der Waals surface area contributed by atoms with Crippen molar-refractivity contribution in [2.24, 2.45) is 5.92 Å². The topological polar surface area (TPSA) is 61.4 Å². The van der Waals surface area contributed by atoms with E-state index in [1.54, 1.807) is 0 Å². The second-order valence-electron chi connectivity index (χ2n) is 7.96. The Kier molecular flexibility index (Phi) is 6.30. The molecule has 0 radical (unpaired) electrons. The Hall–Kier alpha value is -1.88. The molecule has 5 heteroatoms. The quantitative estimate of drug-likeness (QED) is 0.868. The summed E-state index contributed by atoms with van der Waals surface area (Å²) in [7, 11) is 0. The van der Waals surface area contributed by atoms with Crippen molar-refractivity contribution in [3.63, 3.8) is 0 Å². The number of hydrogen-bond acceptors (Lipinski definition) is 3. The molecule has 0 atom stereocenters. The highest BCUT2D eigenvalue weighted by molar-refractivity contribution is 5.94. The predicted octanol–water partition coefficient (Wildman–Crippen LogP) is 2.14. The van der Waals surface area contributed by atoms with Crippen LogP contribution >= 0.6 is 0 Å². The van der Waals surface area contributed by atoms with Crippen LogP contribution in [0.25, 0.3) is 0 Å². The van der Waals surface area contributed by atoms with Crippen LogP contribution in [-0.4, -0.2) is 48.9 Å². The van der Waals surface area contributed by atoms with E-state index in [1.807, 2.05) is 11.0 Å². The van der Waals surface area contributed by atoms with Crippen LogP contribution in [0.15, 0.2) is 18.2 Å². The maximum Gasteiger partial charge on any atom is 0.251 e. The van der Waals surface area contributed by atoms with E-state index in [9.17, 15) is 9.59 Å². The average molecular weight is 357 g/mol. The van der Waals surface area contributed by atoms with Crippen molar-refractivity contribution < 1.29 is 9.59 Å². The van der Waals surface area contributed by atoms with E-state index < -0.39 is 0 Å². The molecule has 0 unspecified atom stereocenters. The number of nitrogens with zero attached hydrogens (tertiary/aromatic N) is 1. The summed E-state index contributed by atoms with van der Waals surface area (Å²) in [5.41, 5.74) is 3.39. The Morgan fingerprint density at radius 1 is 1.15 bits per heavy atom. The third kappa shape index (κ3) is 4.85. The average Bonchev–Trinajstić information content (AvgIpc) is 2.86. The van der Waals surface area contributed by atoms with E-state index in [-0.39, 0.29) is 17.9 Å². The molecule has 142 valence electrons. The molecule has 1 saturated heterocycles. The number of likely N-dealkylation sites (tertiary alicyclic amines) is 1. The number of amides is 2. The lowest BCUT2D eigenvalue weighted by molar-refractivity contribution is -0.133. The summed E-state index contributed by atoms with van der Waals surface area (Å²) in [6.07, 6.45) is 4.29. The minimum Gasteiger partial charge on any atom is -0.349 e. The largest absolute Gasteiger partial charge is 0.349 e. The van der Waals surface area contributed by atoms with Crippen LogP contribution in [0.3, 0.4) is 0 Å². The smallest absolute Gasteiger partial charge is 0.251 e. The van der Waals surface area contributed by atoms with Gasteiger partial charge in [-0.3, -0.25) is 9.59 Å². The summed E-state index contributed by atoms with van der Waals surface area (Å²) in [4.78, 5) is 26.7. The van der Waals surface area contributed by atoms with Gasteiger partial charge in [-0.1, -0.05) is 19.9 Å². The summed E-state index contributed by atoms with van der Waals surface area (Å²) in [6, 6.07) is 6.26. The molecule has 2 heterocycles. The first kappa shape index (κ1) is 18.9. The third-order valence-corrected chi connectivity index (χ3v) is 5.38. The first-order chi connectivity index (χ1) is 12.5. The van der Waals surface area contributed by atoms with Crippen LogP contribution in [0.5, 0.6) is 0 Å². The summed E-state index contributed by atoms with van der Waals surface area (Å²) in [5, 5.41) is 6.57. The molecule has 2 N–H and O–H groups in total.